The van der Waals surface area contributed by atoms with Gasteiger partial charge in [0, 0.05) is 27.2 Å². The first-order chi connectivity index (χ1) is 18.7. The number of hydrogen-bond acceptors (Lipinski definition) is 5. The summed E-state index contributed by atoms with van der Waals surface area (Å²) < 4.78 is 11.3. The lowest BCUT2D eigenvalue weighted by Gasteiger charge is -2.15. The monoisotopic (exact) mass is 543 g/mol. The van der Waals surface area contributed by atoms with Crippen molar-refractivity contribution >= 4 is 40.3 Å². The second-order valence-corrected chi connectivity index (χ2v) is 9.74. The highest BCUT2D eigenvalue weighted by molar-refractivity contribution is 6.31. The number of ether oxygens (including phenoxy) is 1. The minimum absolute atomic E-state index is 0.0296. The number of anilines is 1. The van der Waals surface area contributed by atoms with E-state index < -0.39 is 18.2 Å². The Morgan fingerprint density at radius 2 is 1.79 bits per heavy atom. The van der Waals surface area contributed by atoms with Gasteiger partial charge >= 0.3 is 12.1 Å². The Labute approximate surface area is 229 Å². The molecule has 0 aliphatic rings. The predicted molar refractivity (Wildman–Crippen MR) is 150 cm³/mol. The molecule has 1 atom stereocenters. The maximum atomic E-state index is 12.9. The first-order valence-electron chi connectivity index (χ1n) is 12.3. The lowest BCUT2D eigenvalue weighted by molar-refractivity contribution is -0.136. The van der Waals surface area contributed by atoms with E-state index in [-0.39, 0.29) is 6.42 Å². The number of hydrogen-bond donors (Lipinski definition) is 3. The molecule has 0 bridgehead atoms. The summed E-state index contributed by atoms with van der Waals surface area (Å²) in [5.74, 6) is -0.477. The molecule has 3 aromatic carbocycles. The van der Waals surface area contributed by atoms with Gasteiger partial charge in [0.05, 0.1) is 11.9 Å². The van der Waals surface area contributed by atoms with Gasteiger partial charge in [-0.1, -0.05) is 65.3 Å². The molecule has 5 rings (SSSR count). The molecule has 8 nitrogen and oxygen atoms in total. The molecule has 0 spiro atoms. The predicted octanol–water partition coefficient (Wildman–Crippen LogP) is 7.70. The van der Waals surface area contributed by atoms with Gasteiger partial charge in [-0.25, -0.2) is 4.79 Å². The summed E-state index contributed by atoms with van der Waals surface area (Å²) >= 11 is 6.25. The van der Waals surface area contributed by atoms with Crippen LogP contribution in [0.5, 0.6) is 0 Å². The quantitative estimate of drug-likeness (QED) is 0.193. The number of aryl methyl sites for hydroxylation is 2. The van der Waals surface area contributed by atoms with Gasteiger partial charge in [0.1, 0.15) is 17.5 Å². The van der Waals surface area contributed by atoms with Crippen molar-refractivity contribution in [3.63, 3.8) is 0 Å². The van der Waals surface area contributed by atoms with Crippen molar-refractivity contribution in [1.82, 2.24) is 10.1 Å². The number of carboxylic acid groups (broad SMARTS) is 1. The number of carbonyl (C=O) groups excluding carboxylic acids is 1. The fraction of sp³-hybridized carbons (Fsp3) is 0.167. The third-order valence-corrected chi connectivity index (χ3v) is 6.85. The zero-order valence-corrected chi connectivity index (χ0v) is 22.3. The maximum absolute atomic E-state index is 12.9. The van der Waals surface area contributed by atoms with Crippen molar-refractivity contribution in [2.24, 2.45) is 0 Å². The molecular weight excluding hydrogens is 518 g/mol. The Kier molecular flexibility index (Phi) is 7.13. The number of nitrogens with one attached hydrogen (secondary N) is 2. The Morgan fingerprint density at radius 3 is 2.51 bits per heavy atom. The maximum Gasteiger partial charge on any atom is 0.412 e. The normalized spacial score (nSPS) is 11.9. The number of fused-ring (bicyclic) bond motifs is 1. The number of H-pyrrole nitrogens is 1. The van der Waals surface area contributed by atoms with Gasteiger partial charge in [0.2, 0.25) is 0 Å². The van der Waals surface area contributed by atoms with E-state index in [9.17, 15) is 9.59 Å². The molecule has 0 aliphatic heterocycles. The van der Waals surface area contributed by atoms with Crippen LogP contribution in [-0.2, 0) is 16.0 Å². The molecule has 3 N–H and O–H groups in total. The molecule has 2 aromatic heterocycles. The van der Waals surface area contributed by atoms with Crippen LogP contribution in [0.1, 0.15) is 35.5 Å². The summed E-state index contributed by atoms with van der Waals surface area (Å²) in [4.78, 5) is 27.3. The van der Waals surface area contributed by atoms with Crippen LogP contribution in [0, 0.1) is 13.8 Å². The second-order valence-electron chi connectivity index (χ2n) is 9.34. The Hall–Kier alpha value is -4.56. The third kappa shape index (κ3) is 5.37. The van der Waals surface area contributed by atoms with Crippen LogP contribution < -0.4 is 5.32 Å². The van der Waals surface area contributed by atoms with E-state index >= 15 is 0 Å². The van der Waals surface area contributed by atoms with Crippen LogP contribution in [0.4, 0.5) is 10.5 Å². The van der Waals surface area contributed by atoms with Crippen LogP contribution >= 0.6 is 11.6 Å². The Morgan fingerprint density at radius 1 is 1.08 bits per heavy atom. The molecule has 1 amide bonds. The number of benzene rings is 3. The summed E-state index contributed by atoms with van der Waals surface area (Å²) in [6.45, 7) is 5.45. The summed E-state index contributed by atoms with van der Waals surface area (Å²) in [6.07, 6.45) is -1.26. The van der Waals surface area contributed by atoms with E-state index in [2.05, 4.69) is 15.5 Å². The van der Waals surface area contributed by atoms with E-state index in [1.807, 2.05) is 67.6 Å². The zero-order valence-electron chi connectivity index (χ0n) is 21.5. The molecule has 39 heavy (non-hydrogen) atoms. The van der Waals surface area contributed by atoms with Gasteiger partial charge in [0.25, 0.3) is 0 Å². The van der Waals surface area contributed by atoms with Crippen LogP contribution in [0.25, 0.3) is 33.4 Å². The summed E-state index contributed by atoms with van der Waals surface area (Å²) in [5.41, 5.74) is 6.74. The molecule has 198 valence electrons. The zero-order chi connectivity index (χ0) is 27.7. The molecular formula is C30H26ClN3O5. The highest BCUT2D eigenvalue weighted by atomic mass is 35.5. The topological polar surface area (TPSA) is 117 Å². The number of carboxylic acids is 1. The van der Waals surface area contributed by atoms with Crippen molar-refractivity contribution in [1.29, 1.82) is 0 Å². The molecule has 0 saturated carbocycles. The standard InChI is InChI=1S/C30H26ClN3O5/c1-16-14-24-22(20-10-8-19(9-11-20)15-26(35)36)12-13-23(28(24)32-16)29-27(17(2)34-39-29)33-30(37)38-18(3)21-6-4-5-7-25(21)31/h4-14,18,32H,15H2,1-3H3,(H,33,37)(H,35,36). The second kappa shape index (κ2) is 10.7. The smallest absolute Gasteiger partial charge is 0.412 e. The first kappa shape index (κ1) is 26.1. The van der Waals surface area contributed by atoms with Crippen molar-refractivity contribution in [3.05, 3.63) is 94.3 Å². The van der Waals surface area contributed by atoms with E-state index in [0.29, 0.717) is 27.7 Å². The number of nitrogens with zero attached hydrogens (tertiary/aromatic N) is 1. The van der Waals surface area contributed by atoms with Gasteiger partial charge < -0.3 is 19.4 Å². The highest BCUT2D eigenvalue weighted by Gasteiger charge is 2.23. The number of halogens is 1. The number of rotatable bonds is 7. The largest absolute Gasteiger partial charge is 0.481 e. The number of aliphatic carboxylic acids is 1. The average Bonchev–Trinajstić information content (AvgIpc) is 3.46. The molecule has 0 saturated heterocycles. The molecule has 0 fully saturated rings. The van der Waals surface area contributed by atoms with Gasteiger partial charge in [0.15, 0.2) is 5.76 Å². The molecule has 1 unspecified atom stereocenters. The molecule has 2 heterocycles. The summed E-state index contributed by atoms with van der Waals surface area (Å²) in [6, 6.07) is 20.6. The van der Waals surface area contributed by atoms with Crippen molar-refractivity contribution in [2.75, 3.05) is 5.32 Å². The van der Waals surface area contributed by atoms with Crippen molar-refractivity contribution in [3.8, 4) is 22.5 Å². The highest BCUT2D eigenvalue weighted by Crippen LogP contribution is 2.40. The number of carbonyl (C=O) groups is 2. The van der Waals surface area contributed by atoms with E-state index in [1.165, 1.54) is 0 Å². The third-order valence-electron chi connectivity index (χ3n) is 6.51. The SMILES string of the molecule is Cc1cc2c(-c3ccc(CC(=O)O)cc3)ccc(-c3onc(C)c3NC(=O)OC(C)c3ccccc3Cl)c2[nH]1. The van der Waals surface area contributed by atoms with Gasteiger partial charge in [-0.2, -0.15) is 0 Å². The minimum Gasteiger partial charge on any atom is -0.481 e. The lowest BCUT2D eigenvalue weighted by Crippen LogP contribution is -2.17. The van der Waals surface area contributed by atoms with Crippen molar-refractivity contribution < 1.29 is 24.0 Å². The Bertz CT molecular complexity index is 1690. The van der Waals surface area contributed by atoms with E-state index in [1.54, 1.807) is 19.9 Å². The van der Waals surface area contributed by atoms with Crippen LogP contribution in [-0.4, -0.2) is 27.3 Å². The first-order valence-corrected chi connectivity index (χ1v) is 12.7. The summed E-state index contributed by atoms with van der Waals surface area (Å²) in [7, 11) is 0. The lowest BCUT2D eigenvalue weighted by atomic mass is 9.96. The number of aromatic nitrogens is 2. The van der Waals surface area contributed by atoms with E-state index in [4.69, 9.17) is 26.0 Å². The molecule has 0 aliphatic carbocycles. The van der Waals surface area contributed by atoms with E-state index in [0.717, 1.165) is 38.9 Å². The molecule has 9 heteroatoms. The Balaban J connectivity index is 1.46. The van der Waals surface area contributed by atoms with Crippen LogP contribution in [0.2, 0.25) is 5.02 Å². The number of aromatic amines is 1. The van der Waals surface area contributed by atoms with Gasteiger partial charge in [-0.15, -0.1) is 0 Å². The van der Waals surface area contributed by atoms with Gasteiger partial charge in [-0.3, -0.25) is 10.1 Å². The molecule has 5 aromatic rings. The van der Waals surface area contributed by atoms with Crippen molar-refractivity contribution in [2.45, 2.75) is 33.3 Å². The average molecular weight is 544 g/mol. The van der Waals surface area contributed by atoms with Gasteiger partial charge in [-0.05, 0) is 55.7 Å². The number of amides is 1. The fourth-order valence-electron chi connectivity index (χ4n) is 4.63. The van der Waals surface area contributed by atoms with Crippen LogP contribution in [0.15, 0.2) is 71.3 Å². The van der Waals surface area contributed by atoms with Crippen LogP contribution in [0.3, 0.4) is 0 Å². The minimum atomic E-state index is -0.871. The molecule has 0 radical (unpaired) electrons. The fourth-order valence-corrected chi connectivity index (χ4v) is 4.92. The summed E-state index contributed by atoms with van der Waals surface area (Å²) in [5, 5.41) is 17.4.